The number of rotatable bonds is 6. The summed E-state index contributed by atoms with van der Waals surface area (Å²) in [6.07, 6.45) is 0.731. The van der Waals surface area contributed by atoms with Crippen LogP contribution in [0, 0.1) is 0 Å². The number of carboxylic acid groups (broad SMARTS) is 1. The van der Waals surface area contributed by atoms with E-state index in [0.29, 0.717) is 13.0 Å². The zero-order valence-corrected chi connectivity index (χ0v) is 12.9. The summed E-state index contributed by atoms with van der Waals surface area (Å²) >= 11 is 0. The maximum Gasteiger partial charge on any atom is 0.320 e. The third-order valence-corrected chi connectivity index (χ3v) is 3.43. The second-order valence-corrected chi connectivity index (χ2v) is 6.51. The van der Waals surface area contributed by atoms with Gasteiger partial charge in [-0.2, -0.15) is 0 Å². The Bertz CT molecular complexity index is 407. The Kier molecular flexibility index (Phi) is 4.85. The molecule has 2 fully saturated rings. The molecule has 2 unspecified atom stereocenters. The molecule has 7 heteroatoms. The molecule has 2 aliphatic rings. The molecule has 2 atom stereocenters. The van der Waals surface area contributed by atoms with Gasteiger partial charge in [-0.15, -0.1) is 0 Å². The number of carboxylic acids is 1. The summed E-state index contributed by atoms with van der Waals surface area (Å²) < 4.78 is 10.9. The first-order valence-corrected chi connectivity index (χ1v) is 7.33. The molecule has 0 aromatic heterocycles. The summed E-state index contributed by atoms with van der Waals surface area (Å²) in [6, 6.07) is 0. The second-order valence-electron chi connectivity index (χ2n) is 6.51. The molecular weight excluding hydrogens is 276 g/mol. The molecule has 1 N–H and O–H groups in total. The normalized spacial score (nSPS) is 26.2. The van der Waals surface area contributed by atoms with Gasteiger partial charge >= 0.3 is 11.9 Å². The van der Waals surface area contributed by atoms with Crippen molar-refractivity contribution in [3.05, 3.63) is 0 Å². The van der Waals surface area contributed by atoms with E-state index in [9.17, 15) is 9.59 Å². The van der Waals surface area contributed by atoms with Crippen LogP contribution in [0.5, 0.6) is 0 Å². The van der Waals surface area contributed by atoms with Gasteiger partial charge < -0.3 is 14.6 Å². The van der Waals surface area contributed by atoms with E-state index in [1.807, 2.05) is 25.7 Å². The smallest absolute Gasteiger partial charge is 0.320 e. The fourth-order valence-corrected chi connectivity index (χ4v) is 2.52. The molecule has 2 aliphatic heterocycles. The molecule has 0 bridgehead atoms. The van der Waals surface area contributed by atoms with Gasteiger partial charge in [-0.1, -0.05) is 0 Å². The quantitative estimate of drug-likeness (QED) is 0.564. The SMILES string of the molecule is CC(C)(C)OC(=O)CN1CCN(CCCC(=O)O)C2OC21. The molecule has 0 spiro atoms. The van der Waals surface area contributed by atoms with Gasteiger partial charge in [0, 0.05) is 26.1 Å². The molecule has 0 amide bonds. The van der Waals surface area contributed by atoms with Gasteiger partial charge in [0.05, 0.1) is 6.54 Å². The van der Waals surface area contributed by atoms with Crippen LogP contribution in [-0.2, 0) is 19.1 Å². The Morgan fingerprint density at radius 3 is 2.48 bits per heavy atom. The number of carbonyl (C=O) groups excluding carboxylic acids is 1. The van der Waals surface area contributed by atoms with Crippen molar-refractivity contribution < 1.29 is 24.2 Å². The van der Waals surface area contributed by atoms with Crippen LogP contribution in [0.1, 0.15) is 33.6 Å². The fourth-order valence-electron chi connectivity index (χ4n) is 2.52. The van der Waals surface area contributed by atoms with Crippen molar-refractivity contribution in [2.75, 3.05) is 26.2 Å². The summed E-state index contributed by atoms with van der Waals surface area (Å²) in [4.78, 5) is 26.4. The van der Waals surface area contributed by atoms with Gasteiger partial charge in [-0.25, -0.2) is 0 Å². The van der Waals surface area contributed by atoms with Crippen molar-refractivity contribution in [1.82, 2.24) is 9.80 Å². The summed E-state index contributed by atoms with van der Waals surface area (Å²) in [5, 5.41) is 8.64. The van der Waals surface area contributed by atoms with Gasteiger partial charge in [-0.05, 0) is 27.2 Å². The molecule has 0 saturated carbocycles. The summed E-state index contributed by atoms with van der Waals surface area (Å²) in [5.74, 6) is -1.01. The molecule has 0 radical (unpaired) electrons. The molecule has 0 aromatic rings. The summed E-state index contributed by atoms with van der Waals surface area (Å²) in [7, 11) is 0. The predicted molar refractivity (Wildman–Crippen MR) is 74.5 cm³/mol. The largest absolute Gasteiger partial charge is 0.481 e. The summed E-state index contributed by atoms with van der Waals surface area (Å²) in [5.41, 5.74) is -0.473. The van der Waals surface area contributed by atoms with Crippen LogP contribution in [0.15, 0.2) is 0 Å². The lowest BCUT2D eigenvalue weighted by Gasteiger charge is -2.30. The number of hydrogen-bond donors (Lipinski definition) is 1. The van der Waals surface area contributed by atoms with Crippen LogP contribution in [0.4, 0.5) is 0 Å². The number of carbonyl (C=O) groups is 2. The average Bonchev–Trinajstić information content (AvgIpc) is 3.09. The number of hydrogen-bond acceptors (Lipinski definition) is 6. The molecular formula is C14H24N2O5. The number of fused-ring (bicyclic) bond motifs is 1. The second kappa shape index (κ2) is 6.29. The minimum Gasteiger partial charge on any atom is -0.481 e. The maximum absolute atomic E-state index is 11.8. The molecule has 0 aromatic carbocycles. The van der Waals surface area contributed by atoms with Gasteiger partial charge in [-0.3, -0.25) is 19.4 Å². The van der Waals surface area contributed by atoms with E-state index in [1.165, 1.54) is 0 Å². The number of esters is 1. The minimum atomic E-state index is -0.771. The monoisotopic (exact) mass is 300 g/mol. The number of aliphatic carboxylic acids is 1. The highest BCUT2D eigenvalue weighted by Crippen LogP contribution is 2.33. The van der Waals surface area contributed by atoms with Crippen molar-refractivity contribution >= 4 is 11.9 Å². The molecule has 2 rings (SSSR count). The third kappa shape index (κ3) is 4.94. The lowest BCUT2D eigenvalue weighted by molar-refractivity contribution is -0.157. The van der Waals surface area contributed by atoms with Crippen LogP contribution in [0.3, 0.4) is 0 Å². The first kappa shape index (κ1) is 16.2. The molecule has 2 heterocycles. The minimum absolute atomic E-state index is 0.00465. The number of ether oxygens (including phenoxy) is 2. The van der Waals surface area contributed by atoms with Crippen LogP contribution in [0.25, 0.3) is 0 Å². The molecule has 0 aliphatic carbocycles. The highest BCUT2D eigenvalue weighted by molar-refractivity contribution is 5.72. The first-order chi connectivity index (χ1) is 9.76. The Morgan fingerprint density at radius 2 is 1.86 bits per heavy atom. The molecule has 21 heavy (non-hydrogen) atoms. The lowest BCUT2D eigenvalue weighted by Crippen LogP contribution is -2.48. The Labute approximate surface area is 124 Å². The molecule has 2 saturated heterocycles. The Hall–Kier alpha value is -1.18. The van der Waals surface area contributed by atoms with E-state index >= 15 is 0 Å². The highest BCUT2D eigenvalue weighted by atomic mass is 16.6. The van der Waals surface area contributed by atoms with Gasteiger partial charge in [0.25, 0.3) is 0 Å². The highest BCUT2D eigenvalue weighted by Gasteiger charge is 2.51. The van der Waals surface area contributed by atoms with Crippen molar-refractivity contribution in [3.63, 3.8) is 0 Å². The van der Waals surface area contributed by atoms with E-state index in [2.05, 4.69) is 4.90 Å². The van der Waals surface area contributed by atoms with Crippen molar-refractivity contribution in [2.45, 2.75) is 51.7 Å². The Balaban J connectivity index is 1.72. The Morgan fingerprint density at radius 1 is 1.24 bits per heavy atom. The zero-order valence-electron chi connectivity index (χ0n) is 12.9. The van der Waals surface area contributed by atoms with Gasteiger partial charge in [0.15, 0.2) is 12.5 Å². The van der Waals surface area contributed by atoms with Crippen LogP contribution in [-0.4, -0.2) is 71.1 Å². The lowest BCUT2D eigenvalue weighted by atomic mass is 10.2. The molecule has 7 nitrogen and oxygen atoms in total. The standard InChI is InChI=1S/C14H24N2O5/c1-14(2,3)21-11(19)9-16-8-7-15(12-13(16)20-12)6-4-5-10(17)18/h12-13H,4-9H2,1-3H3,(H,17,18). The van der Waals surface area contributed by atoms with E-state index in [-0.39, 0.29) is 31.4 Å². The van der Waals surface area contributed by atoms with E-state index < -0.39 is 11.6 Å². The van der Waals surface area contributed by atoms with Crippen LogP contribution < -0.4 is 0 Å². The number of epoxide rings is 1. The first-order valence-electron chi connectivity index (χ1n) is 7.33. The van der Waals surface area contributed by atoms with E-state index in [4.69, 9.17) is 14.6 Å². The average molecular weight is 300 g/mol. The summed E-state index contributed by atoms with van der Waals surface area (Å²) in [6.45, 7) is 8.01. The van der Waals surface area contributed by atoms with Gasteiger partial charge in [0.1, 0.15) is 5.60 Å². The van der Waals surface area contributed by atoms with Crippen molar-refractivity contribution in [2.24, 2.45) is 0 Å². The fraction of sp³-hybridized carbons (Fsp3) is 0.857. The van der Waals surface area contributed by atoms with Gasteiger partial charge in [0.2, 0.25) is 0 Å². The van der Waals surface area contributed by atoms with Crippen LogP contribution in [0.2, 0.25) is 0 Å². The van der Waals surface area contributed by atoms with Crippen molar-refractivity contribution in [1.29, 1.82) is 0 Å². The van der Waals surface area contributed by atoms with Crippen molar-refractivity contribution in [3.8, 4) is 0 Å². The number of piperazine rings is 1. The predicted octanol–water partition coefficient (Wildman–Crippen LogP) is 0.493. The van der Waals surface area contributed by atoms with E-state index in [1.54, 1.807) is 0 Å². The zero-order chi connectivity index (χ0) is 15.6. The maximum atomic E-state index is 11.8. The van der Waals surface area contributed by atoms with E-state index in [0.717, 1.165) is 13.1 Å². The van der Waals surface area contributed by atoms with Crippen LogP contribution >= 0.6 is 0 Å². The third-order valence-electron chi connectivity index (χ3n) is 3.43. The molecule has 120 valence electrons. The topological polar surface area (TPSA) is 82.6 Å². The number of nitrogens with zero attached hydrogens (tertiary/aromatic N) is 2.